The van der Waals surface area contributed by atoms with E-state index in [-0.39, 0.29) is 11.4 Å². The quantitative estimate of drug-likeness (QED) is 0.686. The Labute approximate surface area is 125 Å². The van der Waals surface area contributed by atoms with Crippen molar-refractivity contribution >= 4 is 22.7 Å². The Bertz CT molecular complexity index is 888. The smallest absolute Gasteiger partial charge is 0.347 e. The summed E-state index contributed by atoms with van der Waals surface area (Å²) in [6, 6.07) is 14.3. The van der Waals surface area contributed by atoms with Gasteiger partial charge in [0.2, 0.25) is 0 Å². The van der Waals surface area contributed by atoms with Gasteiger partial charge in [-0.1, -0.05) is 36.4 Å². The third kappa shape index (κ3) is 2.67. The van der Waals surface area contributed by atoms with Gasteiger partial charge in [0.1, 0.15) is 5.82 Å². The molecule has 0 atom stereocenters. The number of hydrogen-bond acceptors (Lipinski definition) is 4. The number of nitrogens with zero attached hydrogens (tertiary/aromatic N) is 1. The number of aromatic nitrogens is 2. The number of rotatable bonds is 4. The minimum absolute atomic E-state index is 0.0943. The summed E-state index contributed by atoms with van der Waals surface area (Å²) in [4.78, 5) is 29.4. The fourth-order valence-electron chi connectivity index (χ4n) is 2.30. The predicted molar refractivity (Wildman–Crippen MR) is 83.1 cm³/mol. The van der Waals surface area contributed by atoms with Crippen LogP contribution >= 0.6 is 0 Å². The number of fused-ring (bicyclic) bond motifs is 1. The van der Waals surface area contributed by atoms with Crippen molar-refractivity contribution in [1.29, 1.82) is 0 Å². The molecule has 1 heterocycles. The van der Waals surface area contributed by atoms with Crippen LogP contribution in [-0.4, -0.2) is 21.0 Å². The lowest BCUT2D eigenvalue weighted by molar-refractivity contribution is 0.0699. The standard InChI is InChI=1S/C16H13N3O3/c20-15(21)11-7-4-8-12-13(11)14(19-16(22)18-12)17-9-10-5-2-1-3-6-10/h1-8H,9H2,(H,20,21)(H2,17,18,19,22). The molecule has 1 aromatic heterocycles. The molecule has 3 rings (SSSR count). The number of hydrogen-bond donors (Lipinski definition) is 3. The average molecular weight is 295 g/mol. The number of anilines is 1. The molecule has 0 aliphatic heterocycles. The molecular formula is C16H13N3O3. The molecule has 0 amide bonds. The SMILES string of the molecule is O=C(O)c1cccc2[nH]c(=O)nc(NCc3ccccc3)c12. The molecule has 3 aromatic rings. The summed E-state index contributed by atoms with van der Waals surface area (Å²) in [6.07, 6.45) is 0. The Morgan fingerprint density at radius 3 is 2.64 bits per heavy atom. The first kappa shape index (κ1) is 13.8. The van der Waals surface area contributed by atoms with Gasteiger partial charge in [-0.15, -0.1) is 0 Å². The predicted octanol–water partition coefficient (Wildman–Crippen LogP) is 2.23. The van der Waals surface area contributed by atoms with Crippen LogP contribution in [0.5, 0.6) is 0 Å². The highest BCUT2D eigenvalue weighted by Crippen LogP contribution is 2.23. The van der Waals surface area contributed by atoms with Gasteiger partial charge in [0.15, 0.2) is 0 Å². The van der Waals surface area contributed by atoms with Crippen LogP contribution < -0.4 is 11.0 Å². The third-order valence-electron chi connectivity index (χ3n) is 3.29. The first-order chi connectivity index (χ1) is 10.6. The van der Waals surface area contributed by atoms with Gasteiger partial charge < -0.3 is 15.4 Å². The molecular weight excluding hydrogens is 282 g/mol. The van der Waals surface area contributed by atoms with E-state index in [4.69, 9.17) is 0 Å². The largest absolute Gasteiger partial charge is 0.478 e. The molecule has 110 valence electrons. The molecule has 0 saturated heterocycles. The summed E-state index contributed by atoms with van der Waals surface area (Å²) < 4.78 is 0. The Morgan fingerprint density at radius 2 is 1.91 bits per heavy atom. The average Bonchev–Trinajstić information content (AvgIpc) is 2.52. The van der Waals surface area contributed by atoms with Gasteiger partial charge in [-0.05, 0) is 17.7 Å². The van der Waals surface area contributed by atoms with Gasteiger partial charge in [0, 0.05) is 6.54 Å². The zero-order valence-electron chi connectivity index (χ0n) is 11.5. The molecule has 0 radical (unpaired) electrons. The number of H-pyrrole nitrogens is 1. The van der Waals surface area contributed by atoms with Gasteiger partial charge in [0.05, 0.1) is 16.5 Å². The monoisotopic (exact) mass is 295 g/mol. The van der Waals surface area contributed by atoms with E-state index in [1.807, 2.05) is 30.3 Å². The number of carboxylic acid groups (broad SMARTS) is 1. The Morgan fingerprint density at radius 1 is 1.14 bits per heavy atom. The molecule has 0 bridgehead atoms. The van der Waals surface area contributed by atoms with E-state index >= 15 is 0 Å². The minimum atomic E-state index is -1.07. The van der Waals surface area contributed by atoms with Crippen LogP contribution in [0, 0.1) is 0 Å². The molecule has 0 fully saturated rings. The lowest BCUT2D eigenvalue weighted by atomic mass is 10.1. The highest BCUT2D eigenvalue weighted by atomic mass is 16.4. The molecule has 6 heteroatoms. The van der Waals surface area contributed by atoms with Crippen molar-refractivity contribution in [3.8, 4) is 0 Å². The van der Waals surface area contributed by atoms with Crippen LogP contribution in [0.15, 0.2) is 53.3 Å². The summed E-state index contributed by atoms with van der Waals surface area (Å²) in [7, 11) is 0. The van der Waals surface area contributed by atoms with Crippen LogP contribution in [-0.2, 0) is 6.54 Å². The van der Waals surface area contributed by atoms with Crippen molar-refractivity contribution in [1.82, 2.24) is 9.97 Å². The van der Waals surface area contributed by atoms with Crippen LogP contribution in [0.2, 0.25) is 0 Å². The van der Waals surface area contributed by atoms with Gasteiger partial charge in [-0.3, -0.25) is 0 Å². The van der Waals surface area contributed by atoms with Gasteiger partial charge in [0.25, 0.3) is 0 Å². The summed E-state index contributed by atoms with van der Waals surface area (Å²) in [6.45, 7) is 0.445. The number of aromatic carboxylic acids is 1. The van der Waals surface area contributed by atoms with Crippen LogP contribution in [0.4, 0.5) is 5.82 Å². The summed E-state index contributed by atoms with van der Waals surface area (Å²) in [5.41, 5.74) is 1.02. The maximum atomic E-state index is 11.6. The van der Waals surface area contributed by atoms with Crippen LogP contribution in [0.3, 0.4) is 0 Å². The second kappa shape index (κ2) is 5.69. The van der Waals surface area contributed by atoms with Crippen molar-refractivity contribution < 1.29 is 9.90 Å². The van der Waals surface area contributed by atoms with E-state index in [2.05, 4.69) is 15.3 Å². The van der Waals surface area contributed by atoms with Crippen molar-refractivity contribution in [2.45, 2.75) is 6.54 Å². The lowest BCUT2D eigenvalue weighted by Gasteiger charge is -2.10. The second-order valence-corrected chi connectivity index (χ2v) is 4.76. The Kier molecular flexibility index (Phi) is 3.57. The molecule has 0 saturated carbocycles. The van der Waals surface area contributed by atoms with E-state index in [1.165, 1.54) is 6.07 Å². The van der Waals surface area contributed by atoms with E-state index in [0.29, 0.717) is 17.4 Å². The first-order valence-corrected chi connectivity index (χ1v) is 6.69. The zero-order valence-corrected chi connectivity index (χ0v) is 11.5. The van der Waals surface area contributed by atoms with Gasteiger partial charge >= 0.3 is 11.7 Å². The number of aromatic amines is 1. The van der Waals surface area contributed by atoms with E-state index < -0.39 is 11.7 Å². The molecule has 6 nitrogen and oxygen atoms in total. The molecule has 22 heavy (non-hydrogen) atoms. The number of carboxylic acids is 1. The Hall–Kier alpha value is -3.15. The number of carbonyl (C=O) groups is 1. The maximum Gasteiger partial charge on any atom is 0.347 e. The first-order valence-electron chi connectivity index (χ1n) is 6.69. The molecule has 0 aliphatic carbocycles. The van der Waals surface area contributed by atoms with E-state index in [9.17, 15) is 14.7 Å². The summed E-state index contributed by atoms with van der Waals surface area (Å²) in [5, 5.41) is 12.8. The van der Waals surface area contributed by atoms with Crippen molar-refractivity contribution in [3.63, 3.8) is 0 Å². The fraction of sp³-hybridized carbons (Fsp3) is 0.0625. The maximum absolute atomic E-state index is 11.6. The molecule has 3 N–H and O–H groups in total. The molecule has 2 aromatic carbocycles. The molecule has 0 spiro atoms. The van der Waals surface area contributed by atoms with Crippen molar-refractivity contribution in [3.05, 3.63) is 70.1 Å². The lowest BCUT2D eigenvalue weighted by Crippen LogP contribution is -2.15. The van der Waals surface area contributed by atoms with Crippen molar-refractivity contribution in [2.75, 3.05) is 5.32 Å². The van der Waals surface area contributed by atoms with E-state index in [1.54, 1.807) is 12.1 Å². The van der Waals surface area contributed by atoms with Gasteiger partial charge in [-0.2, -0.15) is 4.98 Å². The summed E-state index contributed by atoms with van der Waals surface area (Å²) in [5.74, 6) is -0.803. The Balaban J connectivity index is 2.07. The second-order valence-electron chi connectivity index (χ2n) is 4.76. The highest BCUT2D eigenvalue weighted by molar-refractivity contribution is 6.06. The number of benzene rings is 2. The van der Waals surface area contributed by atoms with Crippen LogP contribution in [0.25, 0.3) is 10.9 Å². The molecule has 0 unspecified atom stereocenters. The zero-order chi connectivity index (χ0) is 15.5. The minimum Gasteiger partial charge on any atom is -0.478 e. The molecule has 0 aliphatic rings. The number of nitrogens with one attached hydrogen (secondary N) is 2. The van der Waals surface area contributed by atoms with Crippen molar-refractivity contribution in [2.24, 2.45) is 0 Å². The van der Waals surface area contributed by atoms with E-state index in [0.717, 1.165) is 5.56 Å². The normalized spacial score (nSPS) is 10.5. The topological polar surface area (TPSA) is 95.1 Å². The van der Waals surface area contributed by atoms with Gasteiger partial charge in [-0.25, -0.2) is 9.59 Å². The third-order valence-corrected chi connectivity index (χ3v) is 3.29. The fourth-order valence-corrected chi connectivity index (χ4v) is 2.30. The highest BCUT2D eigenvalue weighted by Gasteiger charge is 2.14. The van der Waals surface area contributed by atoms with Crippen LogP contribution in [0.1, 0.15) is 15.9 Å². The summed E-state index contributed by atoms with van der Waals surface area (Å²) >= 11 is 0.